The van der Waals surface area contributed by atoms with Crippen LogP contribution in [0.3, 0.4) is 0 Å². The summed E-state index contributed by atoms with van der Waals surface area (Å²) >= 11 is 0. The minimum atomic E-state index is -0.482. The number of carbonyl (C=O) groups excluding carboxylic acids is 1. The van der Waals surface area contributed by atoms with Crippen molar-refractivity contribution in [3.8, 4) is 6.07 Å². The molecule has 0 radical (unpaired) electrons. The quantitative estimate of drug-likeness (QED) is 0.795. The normalized spacial score (nSPS) is 15.1. The molecule has 0 bridgehead atoms. The van der Waals surface area contributed by atoms with Crippen molar-refractivity contribution in [3.63, 3.8) is 0 Å². The molecule has 5 heteroatoms. The smallest absolute Gasteiger partial charge is 0.410 e. The van der Waals surface area contributed by atoms with Crippen LogP contribution in [0, 0.1) is 11.3 Å². The van der Waals surface area contributed by atoms with Crippen LogP contribution in [0.4, 0.5) is 4.79 Å². The molecular formula is C16H19N3O2. The van der Waals surface area contributed by atoms with Crippen molar-refractivity contribution >= 4 is 11.7 Å². The van der Waals surface area contributed by atoms with Gasteiger partial charge in [-0.15, -0.1) is 0 Å². The summed E-state index contributed by atoms with van der Waals surface area (Å²) in [4.78, 5) is 17.9. The molecule has 1 aromatic heterocycles. The monoisotopic (exact) mass is 285 g/mol. The molecule has 2 rings (SSSR count). The molecule has 0 aromatic carbocycles. The number of rotatable bonds is 1. The van der Waals surface area contributed by atoms with E-state index in [2.05, 4.69) is 4.98 Å². The van der Waals surface area contributed by atoms with Crippen molar-refractivity contribution in [1.29, 1.82) is 5.26 Å². The second kappa shape index (κ2) is 5.96. The zero-order valence-corrected chi connectivity index (χ0v) is 12.6. The molecule has 21 heavy (non-hydrogen) atoms. The minimum absolute atomic E-state index is 0.295. The van der Waals surface area contributed by atoms with Crippen LogP contribution in [0.5, 0.6) is 0 Å². The highest BCUT2D eigenvalue weighted by Gasteiger charge is 2.24. The topological polar surface area (TPSA) is 66.2 Å². The van der Waals surface area contributed by atoms with Crippen LogP contribution in [0.2, 0.25) is 0 Å². The van der Waals surface area contributed by atoms with Gasteiger partial charge in [0.15, 0.2) is 0 Å². The highest BCUT2D eigenvalue weighted by Crippen LogP contribution is 2.22. The lowest BCUT2D eigenvalue weighted by molar-refractivity contribution is 0.0270. The molecule has 0 spiro atoms. The van der Waals surface area contributed by atoms with Crippen LogP contribution >= 0.6 is 0 Å². The van der Waals surface area contributed by atoms with Gasteiger partial charge in [-0.3, -0.25) is 0 Å². The van der Waals surface area contributed by atoms with E-state index in [4.69, 9.17) is 10.00 Å². The van der Waals surface area contributed by atoms with E-state index in [9.17, 15) is 4.79 Å². The predicted octanol–water partition coefficient (Wildman–Crippen LogP) is 2.98. The molecule has 1 aromatic rings. The van der Waals surface area contributed by atoms with E-state index in [0.717, 1.165) is 11.3 Å². The van der Waals surface area contributed by atoms with E-state index in [0.29, 0.717) is 25.2 Å². The van der Waals surface area contributed by atoms with Crippen LogP contribution in [-0.4, -0.2) is 34.7 Å². The molecule has 1 aliphatic heterocycles. The summed E-state index contributed by atoms with van der Waals surface area (Å²) in [5, 5.41) is 8.88. The SMILES string of the molecule is CC(C)(C)OC(=O)N1CC=C(c2cccc(C#N)n2)CC1. The van der Waals surface area contributed by atoms with Crippen LogP contribution in [0.15, 0.2) is 24.3 Å². The summed E-state index contributed by atoms with van der Waals surface area (Å²) in [6.07, 6.45) is 2.38. The molecule has 1 amide bonds. The maximum Gasteiger partial charge on any atom is 0.410 e. The first-order chi connectivity index (χ1) is 9.89. The first-order valence-electron chi connectivity index (χ1n) is 6.93. The Labute approximate surface area is 124 Å². The molecule has 0 N–H and O–H groups in total. The van der Waals surface area contributed by atoms with E-state index < -0.39 is 5.60 Å². The van der Waals surface area contributed by atoms with Gasteiger partial charge in [-0.1, -0.05) is 12.1 Å². The lowest BCUT2D eigenvalue weighted by Gasteiger charge is -2.29. The molecular weight excluding hydrogens is 266 g/mol. The highest BCUT2D eigenvalue weighted by atomic mass is 16.6. The summed E-state index contributed by atoms with van der Waals surface area (Å²) < 4.78 is 5.35. The molecule has 0 saturated heterocycles. The fraction of sp³-hybridized carbons (Fsp3) is 0.438. The number of hydrogen-bond donors (Lipinski definition) is 0. The molecule has 2 heterocycles. The fourth-order valence-corrected chi connectivity index (χ4v) is 2.07. The number of aromatic nitrogens is 1. The van der Waals surface area contributed by atoms with Gasteiger partial charge in [-0.2, -0.15) is 5.26 Å². The van der Waals surface area contributed by atoms with Crippen molar-refractivity contribution in [3.05, 3.63) is 35.7 Å². The van der Waals surface area contributed by atoms with Crippen molar-refractivity contribution in [2.24, 2.45) is 0 Å². The lowest BCUT2D eigenvalue weighted by atomic mass is 10.0. The van der Waals surface area contributed by atoms with Crippen molar-refractivity contribution in [1.82, 2.24) is 9.88 Å². The zero-order chi connectivity index (χ0) is 15.5. The second-order valence-electron chi connectivity index (χ2n) is 5.93. The number of ether oxygens (including phenoxy) is 1. The average Bonchev–Trinajstić information content (AvgIpc) is 2.46. The molecule has 0 unspecified atom stereocenters. The summed E-state index contributed by atoms with van der Waals surface area (Å²) in [5.74, 6) is 0. The zero-order valence-electron chi connectivity index (χ0n) is 12.6. The Bertz CT molecular complexity index is 609. The molecule has 0 atom stereocenters. The van der Waals surface area contributed by atoms with Crippen molar-refractivity contribution in [2.45, 2.75) is 32.8 Å². The summed E-state index contributed by atoms with van der Waals surface area (Å²) in [7, 11) is 0. The number of hydrogen-bond acceptors (Lipinski definition) is 4. The minimum Gasteiger partial charge on any atom is -0.444 e. The van der Waals surface area contributed by atoms with Gasteiger partial charge in [0.05, 0.1) is 5.69 Å². The number of amides is 1. The van der Waals surface area contributed by atoms with Crippen LogP contribution < -0.4 is 0 Å². The third-order valence-corrected chi connectivity index (χ3v) is 3.05. The van der Waals surface area contributed by atoms with Gasteiger partial charge >= 0.3 is 6.09 Å². The third-order valence-electron chi connectivity index (χ3n) is 3.05. The van der Waals surface area contributed by atoms with Crippen molar-refractivity contribution in [2.75, 3.05) is 13.1 Å². The van der Waals surface area contributed by atoms with Gasteiger partial charge in [-0.05, 0) is 44.9 Å². The van der Waals surface area contributed by atoms with Crippen LogP contribution in [-0.2, 0) is 4.74 Å². The van der Waals surface area contributed by atoms with Gasteiger partial charge in [0, 0.05) is 13.1 Å². The Kier molecular flexibility index (Phi) is 4.27. The van der Waals surface area contributed by atoms with Crippen molar-refractivity contribution < 1.29 is 9.53 Å². The Morgan fingerprint density at radius 3 is 2.76 bits per heavy atom. The van der Waals surface area contributed by atoms with E-state index >= 15 is 0 Å². The van der Waals surface area contributed by atoms with E-state index in [1.165, 1.54) is 0 Å². The first-order valence-corrected chi connectivity index (χ1v) is 6.93. The maximum atomic E-state index is 12.0. The largest absolute Gasteiger partial charge is 0.444 e. The van der Waals surface area contributed by atoms with Gasteiger partial charge in [-0.25, -0.2) is 9.78 Å². The highest BCUT2D eigenvalue weighted by molar-refractivity contribution is 5.72. The first kappa shape index (κ1) is 15.0. The Morgan fingerprint density at radius 1 is 1.43 bits per heavy atom. The van der Waals surface area contributed by atoms with Gasteiger partial charge in [0.1, 0.15) is 17.4 Å². The average molecular weight is 285 g/mol. The van der Waals surface area contributed by atoms with Crippen LogP contribution in [0.25, 0.3) is 5.57 Å². The van der Waals surface area contributed by atoms with Crippen LogP contribution in [0.1, 0.15) is 38.6 Å². The molecule has 1 aliphatic rings. The number of nitriles is 1. The fourth-order valence-electron chi connectivity index (χ4n) is 2.07. The number of nitrogens with zero attached hydrogens (tertiary/aromatic N) is 3. The summed E-state index contributed by atoms with van der Waals surface area (Å²) in [5.41, 5.74) is 1.79. The molecule has 0 fully saturated rings. The molecule has 0 aliphatic carbocycles. The number of carbonyl (C=O) groups is 1. The Balaban J connectivity index is 2.05. The number of pyridine rings is 1. The van der Waals surface area contributed by atoms with Gasteiger partial charge < -0.3 is 9.64 Å². The standard InChI is InChI=1S/C16H19N3O2/c1-16(2,3)21-15(20)19-9-7-12(8-10-19)14-6-4-5-13(11-17)18-14/h4-7H,8-10H2,1-3H3. The predicted molar refractivity (Wildman–Crippen MR) is 79.4 cm³/mol. The van der Waals surface area contributed by atoms with Gasteiger partial charge in [0.2, 0.25) is 0 Å². The molecule has 5 nitrogen and oxygen atoms in total. The summed E-state index contributed by atoms with van der Waals surface area (Å²) in [6.45, 7) is 6.66. The van der Waals surface area contributed by atoms with E-state index in [1.807, 2.05) is 45.0 Å². The molecule has 110 valence electrons. The summed E-state index contributed by atoms with van der Waals surface area (Å²) in [6, 6.07) is 7.42. The Hall–Kier alpha value is -2.35. The van der Waals surface area contributed by atoms with E-state index in [-0.39, 0.29) is 6.09 Å². The second-order valence-corrected chi connectivity index (χ2v) is 5.93. The maximum absolute atomic E-state index is 12.0. The van der Waals surface area contributed by atoms with E-state index in [1.54, 1.807) is 11.0 Å². The molecule has 0 saturated carbocycles. The van der Waals surface area contributed by atoms with Gasteiger partial charge in [0.25, 0.3) is 0 Å². The third kappa shape index (κ3) is 4.06. The Morgan fingerprint density at radius 2 is 2.19 bits per heavy atom. The lowest BCUT2D eigenvalue weighted by Crippen LogP contribution is -2.39.